The van der Waals surface area contributed by atoms with Gasteiger partial charge in [0.05, 0.1) is 4.90 Å². The van der Waals surface area contributed by atoms with Crippen LogP contribution < -0.4 is 10.6 Å². The van der Waals surface area contributed by atoms with Crippen LogP contribution in [0.3, 0.4) is 0 Å². The van der Waals surface area contributed by atoms with Gasteiger partial charge in [-0.1, -0.05) is 46.5 Å². The van der Waals surface area contributed by atoms with Crippen LogP contribution in [0.4, 0.5) is 5.69 Å². The minimum absolute atomic E-state index is 0.107. The molecule has 1 aromatic rings. The van der Waals surface area contributed by atoms with Crippen molar-refractivity contribution in [3.63, 3.8) is 0 Å². The van der Waals surface area contributed by atoms with E-state index in [0.717, 1.165) is 19.3 Å². The Morgan fingerprint density at radius 1 is 1.00 bits per heavy atom. The van der Waals surface area contributed by atoms with Gasteiger partial charge in [-0.3, -0.25) is 4.79 Å². The number of sulfonamides is 1. The standard InChI is InChI=1S/C19H31N3O3S2/c1-4-7-8-9-10-11-18(23)21-19(26)20-16-12-14-17(15-13-16)27(24,25)22(5-2)6-3/h12-15H,4-11H2,1-3H3,(H2,20,21,23,26). The molecule has 0 unspecified atom stereocenters. The van der Waals surface area contributed by atoms with E-state index in [0.29, 0.717) is 25.2 Å². The van der Waals surface area contributed by atoms with Crippen LogP contribution in [0.2, 0.25) is 0 Å². The number of anilines is 1. The van der Waals surface area contributed by atoms with Crippen molar-refractivity contribution < 1.29 is 13.2 Å². The van der Waals surface area contributed by atoms with E-state index in [1.807, 2.05) is 13.8 Å². The monoisotopic (exact) mass is 413 g/mol. The van der Waals surface area contributed by atoms with Crippen LogP contribution in [0, 0.1) is 0 Å². The molecule has 0 bridgehead atoms. The fourth-order valence-electron chi connectivity index (χ4n) is 2.66. The molecule has 1 rings (SSSR count). The van der Waals surface area contributed by atoms with Crippen LogP contribution in [0.25, 0.3) is 0 Å². The first-order valence-corrected chi connectivity index (χ1v) is 11.4. The Morgan fingerprint density at radius 3 is 2.15 bits per heavy atom. The molecule has 0 saturated carbocycles. The molecule has 0 radical (unpaired) electrons. The van der Waals surface area contributed by atoms with E-state index in [1.54, 1.807) is 12.1 Å². The van der Waals surface area contributed by atoms with E-state index < -0.39 is 10.0 Å². The van der Waals surface area contributed by atoms with Gasteiger partial charge in [0, 0.05) is 25.2 Å². The summed E-state index contributed by atoms with van der Waals surface area (Å²) >= 11 is 5.15. The maximum Gasteiger partial charge on any atom is 0.243 e. The molecule has 2 N–H and O–H groups in total. The molecule has 152 valence electrons. The van der Waals surface area contributed by atoms with Crippen molar-refractivity contribution in [2.24, 2.45) is 0 Å². The molecule has 27 heavy (non-hydrogen) atoms. The van der Waals surface area contributed by atoms with E-state index in [9.17, 15) is 13.2 Å². The minimum atomic E-state index is -3.48. The number of nitrogens with zero attached hydrogens (tertiary/aromatic N) is 1. The summed E-state index contributed by atoms with van der Waals surface area (Å²) in [7, 11) is -3.48. The first-order valence-electron chi connectivity index (χ1n) is 9.56. The lowest BCUT2D eigenvalue weighted by Crippen LogP contribution is -2.34. The van der Waals surface area contributed by atoms with Gasteiger partial charge in [-0.15, -0.1) is 0 Å². The highest BCUT2D eigenvalue weighted by Crippen LogP contribution is 2.18. The lowest BCUT2D eigenvalue weighted by Gasteiger charge is -2.18. The Balaban J connectivity index is 2.53. The Hall–Kier alpha value is -1.51. The van der Waals surface area contributed by atoms with Crippen LogP contribution in [0.1, 0.15) is 59.3 Å². The fraction of sp³-hybridized carbons (Fsp3) is 0.579. The zero-order chi connectivity index (χ0) is 20.3. The Bertz CT molecular complexity index is 699. The highest BCUT2D eigenvalue weighted by molar-refractivity contribution is 7.89. The molecule has 0 aliphatic rings. The van der Waals surface area contributed by atoms with E-state index >= 15 is 0 Å². The molecule has 0 fully saturated rings. The third kappa shape index (κ3) is 7.94. The summed E-state index contributed by atoms with van der Waals surface area (Å²) in [6.45, 7) is 6.62. The number of rotatable bonds is 11. The van der Waals surface area contributed by atoms with Crippen LogP contribution in [0.15, 0.2) is 29.2 Å². The lowest BCUT2D eigenvalue weighted by atomic mass is 10.1. The number of amides is 1. The number of hydrogen-bond donors (Lipinski definition) is 2. The molecular weight excluding hydrogens is 382 g/mol. The van der Waals surface area contributed by atoms with Gasteiger partial charge in [0.1, 0.15) is 0 Å². The van der Waals surface area contributed by atoms with E-state index in [-0.39, 0.29) is 15.9 Å². The zero-order valence-electron chi connectivity index (χ0n) is 16.5. The summed E-state index contributed by atoms with van der Waals surface area (Å²) < 4.78 is 26.3. The van der Waals surface area contributed by atoms with Crippen LogP contribution in [-0.2, 0) is 14.8 Å². The van der Waals surface area contributed by atoms with Gasteiger partial charge >= 0.3 is 0 Å². The molecule has 0 atom stereocenters. The quantitative estimate of drug-likeness (QED) is 0.425. The van der Waals surface area contributed by atoms with Crippen molar-refractivity contribution in [1.29, 1.82) is 0 Å². The Kier molecular flexibility index (Phi) is 10.5. The van der Waals surface area contributed by atoms with Gasteiger partial charge in [-0.2, -0.15) is 4.31 Å². The fourth-order valence-corrected chi connectivity index (χ4v) is 4.35. The van der Waals surface area contributed by atoms with Gasteiger partial charge in [0.25, 0.3) is 0 Å². The van der Waals surface area contributed by atoms with Crippen molar-refractivity contribution in [3.05, 3.63) is 24.3 Å². The third-order valence-corrected chi connectivity index (χ3v) is 6.48. The summed E-state index contributed by atoms with van der Waals surface area (Å²) in [5.74, 6) is -0.107. The number of hydrogen-bond acceptors (Lipinski definition) is 4. The average molecular weight is 414 g/mol. The molecule has 0 aromatic heterocycles. The normalized spacial score (nSPS) is 11.4. The first kappa shape index (κ1) is 23.5. The smallest absolute Gasteiger partial charge is 0.243 e. The molecule has 0 heterocycles. The van der Waals surface area contributed by atoms with Gasteiger partial charge in [-0.05, 0) is 42.9 Å². The largest absolute Gasteiger partial charge is 0.332 e. The topological polar surface area (TPSA) is 78.5 Å². The van der Waals surface area contributed by atoms with Crippen LogP contribution >= 0.6 is 12.2 Å². The number of benzene rings is 1. The predicted molar refractivity (Wildman–Crippen MR) is 114 cm³/mol. The van der Waals surface area contributed by atoms with Gasteiger partial charge < -0.3 is 10.6 Å². The first-order chi connectivity index (χ1) is 12.8. The van der Waals surface area contributed by atoms with Gasteiger partial charge in [0.2, 0.25) is 15.9 Å². The SMILES string of the molecule is CCCCCCCC(=O)NC(=S)Nc1ccc(S(=O)(=O)N(CC)CC)cc1. The van der Waals surface area contributed by atoms with Crippen molar-refractivity contribution >= 4 is 38.9 Å². The number of carbonyl (C=O) groups is 1. The third-order valence-electron chi connectivity index (χ3n) is 4.22. The number of carbonyl (C=O) groups excluding carboxylic acids is 1. The number of thiocarbonyl (C=S) groups is 1. The Labute approximate surface area is 168 Å². The molecular formula is C19H31N3O3S2. The van der Waals surface area contributed by atoms with E-state index in [4.69, 9.17) is 12.2 Å². The van der Waals surface area contributed by atoms with Crippen LogP contribution in [-0.4, -0.2) is 36.8 Å². The molecule has 6 nitrogen and oxygen atoms in total. The summed E-state index contributed by atoms with van der Waals surface area (Å²) in [6.07, 6.45) is 5.87. The molecule has 0 aliphatic heterocycles. The predicted octanol–water partition coefficient (Wildman–Crippen LogP) is 3.89. The molecule has 0 aliphatic carbocycles. The Morgan fingerprint density at radius 2 is 1.59 bits per heavy atom. The molecule has 1 aromatic carbocycles. The second-order valence-corrected chi connectivity index (χ2v) is 8.63. The van der Waals surface area contributed by atoms with Crippen molar-refractivity contribution in [2.75, 3.05) is 18.4 Å². The highest BCUT2D eigenvalue weighted by atomic mass is 32.2. The molecule has 0 saturated heterocycles. The zero-order valence-corrected chi connectivity index (χ0v) is 18.1. The van der Waals surface area contributed by atoms with E-state index in [1.165, 1.54) is 29.3 Å². The maximum absolute atomic E-state index is 12.5. The summed E-state index contributed by atoms with van der Waals surface area (Å²) in [4.78, 5) is 12.1. The van der Waals surface area contributed by atoms with Crippen molar-refractivity contribution in [1.82, 2.24) is 9.62 Å². The summed E-state index contributed by atoms with van der Waals surface area (Å²) in [5, 5.41) is 5.78. The van der Waals surface area contributed by atoms with Gasteiger partial charge in [-0.25, -0.2) is 8.42 Å². The maximum atomic E-state index is 12.5. The number of nitrogens with one attached hydrogen (secondary N) is 2. The molecule has 8 heteroatoms. The second kappa shape index (κ2) is 12.0. The highest BCUT2D eigenvalue weighted by Gasteiger charge is 2.21. The molecule has 0 spiro atoms. The summed E-state index contributed by atoms with van der Waals surface area (Å²) in [6, 6.07) is 6.35. The van der Waals surface area contributed by atoms with Gasteiger partial charge in [0.15, 0.2) is 5.11 Å². The van der Waals surface area contributed by atoms with Crippen molar-refractivity contribution in [3.8, 4) is 0 Å². The molecule has 1 amide bonds. The minimum Gasteiger partial charge on any atom is -0.332 e. The van der Waals surface area contributed by atoms with Crippen molar-refractivity contribution in [2.45, 2.75) is 64.2 Å². The lowest BCUT2D eigenvalue weighted by molar-refractivity contribution is -0.119. The average Bonchev–Trinajstić information content (AvgIpc) is 2.62. The van der Waals surface area contributed by atoms with Crippen LogP contribution in [0.5, 0.6) is 0 Å². The summed E-state index contributed by atoms with van der Waals surface area (Å²) in [5.41, 5.74) is 0.627. The number of unbranched alkanes of at least 4 members (excludes halogenated alkanes) is 4. The second-order valence-electron chi connectivity index (χ2n) is 6.28. The van der Waals surface area contributed by atoms with E-state index in [2.05, 4.69) is 17.6 Å².